The third-order valence-electron chi connectivity index (χ3n) is 4.54. The van der Waals surface area contributed by atoms with Crippen LogP contribution < -0.4 is 16.0 Å². The maximum absolute atomic E-state index is 12.7. The molecule has 3 N–H and O–H groups in total. The summed E-state index contributed by atoms with van der Waals surface area (Å²) in [6.45, 7) is 3.46. The normalized spacial score (nSPS) is 21.3. The molecule has 2 rings (SSSR count). The molecule has 26 heavy (non-hydrogen) atoms. The van der Waals surface area contributed by atoms with E-state index in [1.165, 1.54) is 0 Å². The van der Waals surface area contributed by atoms with Crippen LogP contribution >= 0.6 is 0 Å². The predicted octanol–water partition coefficient (Wildman–Crippen LogP) is 0.871. The van der Waals surface area contributed by atoms with Gasteiger partial charge in [-0.3, -0.25) is 19.7 Å². The molecule has 1 aliphatic heterocycles. The molecule has 1 fully saturated rings. The first-order chi connectivity index (χ1) is 12.4. The van der Waals surface area contributed by atoms with Gasteiger partial charge in [0, 0.05) is 18.7 Å². The van der Waals surface area contributed by atoms with E-state index in [0.717, 1.165) is 5.56 Å². The monoisotopic (exact) mass is 358 g/mol. The summed E-state index contributed by atoms with van der Waals surface area (Å²) >= 11 is 0. The molecule has 0 radical (unpaired) electrons. The summed E-state index contributed by atoms with van der Waals surface area (Å²) in [5.74, 6) is -1.04. The Morgan fingerprint density at radius 3 is 2.58 bits per heavy atom. The van der Waals surface area contributed by atoms with Crippen LogP contribution in [-0.2, 0) is 19.9 Å². The van der Waals surface area contributed by atoms with E-state index in [1.54, 1.807) is 13.8 Å². The minimum atomic E-state index is -0.820. The molecule has 1 aromatic carbocycles. The van der Waals surface area contributed by atoms with E-state index in [9.17, 15) is 19.2 Å². The first kappa shape index (κ1) is 19.3. The average Bonchev–Trinajstić information content (AvgIpc) is 2.64. The molecule has 8 heteroatoms. The molecule has 1 saturated heterocycles. The second-order valence-corrected chi connectivity index (χ2v) is 6.26. The number of nitrogens with one attached hydrogen (secondary N) is 3. The van der Waals surface area contributed by atoms with Crippen LogP contribution in [0.15, 0.2) is 35.3 Å². The molecular formula is C18H22N4O4. The number of amides is 5. The molecular weight excluding hydrogens is 336 g/mol. The molecule has 2 atom stereocenters. The van der Waals surface area contributed by atoms with E-state index < -0.39 is 17.5 Å². The molecule has 0 spiro atoms. The molecule has 5 amide bonds. The van der Waals surface area contributed by atoms with Gasteiger partial charge >= 0.3 is 6.03 Å². The van der Waals surface area contributed by atoms with Crippen molar-refractivity contribution < 1.29 is 19.2 Å². The van der Waals surface area contributed by atoms with Crippen LogP contribution in [0.1, 0.15) is 32.3 Å². The highest BCUT2D eigenvalue weighted by Gasteiger charge is 2.38. The van der Waals surface area contributed by atoms with E-state index in [0.29, 0.717) is 12.8 Å². The van der Waals surface area contributed by atoms with E-state index in [-0.39, 0.29) is 30.5 Å². The van der Waals surface area contributed by atoms with Gasteiger partial charge in [0.05, 0.1) is 11.5 Å². The smallest absolute Gasteiger partial charge is 0.347 e. The number of rotatable bonds is 5. The van der Waals surface area contributed by atoms with Gasteiger partial charge in [-0.05, 0) is 25.8 Å². The van der Waals surface area contributed by atoms with Gasteiger partial charge in [0.2, 0.25) is 18.2 Å². The summed E-state index contributed by atoms with van der Waals surface area (Å²) in [7, 11) is 0. The van der Waals surface area contributed by atoms with E-state index >= 15 is 0 Å². The number of aliphatic imine (C=N–C) groups is 1. The zero-order chi connectivity index (χ0) is 19.2. The molecule has 0 aromatic heterocycles. The molecule has 1 unspecified atom stereocenters. The van der Waals surface area contributed by atoms with Crippen LogP contribution in [-0.4, -0.2) is 36.5 Å². The average molecular weight is 358 g/mol. The Labute approximate surface area is 151 Å². The number of urea groups is 1. The van der Waals surface area contributed by atoms with Gasteiger partial charge in [-0.25, -0.2) is 9.79 Å². The maximum Gasteiger partial charge on any atom is 0.347 e. The zero-order valence-electron chi connectivity index (χ0n) is 14.7. The van der Waals surface area contributed by atoms with Crippen molar-refractivity contribution in [1.82, 2.24) is 16.0 Å². The number of imide groups is 1. The van der Waals surface area contributed by atoms with E-state index in [2.05, 4.69) is 15.6 Å². The zero-order valence-corrected chi connectivity index (χ0v) is 14.7. The Kier molecular flexibility index (Phi) is 6.21. The van der Waals surface area contributed by atoms with Crippen molar-refractivity contribution in [1.29, 1.82) is 0 Å². The SMILES string of the molecule is C/C(=N\C(=O)NC=O)[C@@H](C)C(=O)NC1(c2ccccc2)CCC(=O)NC1. The van der Waals surface area contributed by atoms with Crippen molar-refractivity contribution in [3.63, 3.8) is 0 Å². The highest BCUT2D eigenvalue weighted by molar-refractivity contribution is 6.07. The Bertz CT molecular complexity index is 720. The quantitative estimate of drug-likeness (QED) is 0.535. The van der Waals surface area contributed by atoms with Gasteiger partial charge in [-0.2, -0.15) is 0 Å². The van der Waals surface area contributed by atoms with Crippen molar-refractivity contribution in [2.75, 3.05) is 6.54 Å². The van der Waals surface area contributed by atoms with Gasteiger partial charge < -0.3 is 10.6 Å². The fourth-order valence-corrected chi connectivity index (χ4v) is 2.81. The van der Waals surface area contributed by atoms with Crippen molar-refractivity contribution >= 4 is 30.0 Å². The molecule has 1 aromatic rings. The van der Waals surface area contributed by atoms with Crippen LogP contribution in [0, 0.1) is 5.92 Å². The Morgan fingerprint density at radius 1 is 1.31 bits per heavy atom. The molecule has 1 heterocycles. The predicted molar refractivity (Wildman–Crippen MR) is 95.4 cm³/mol. The van der Waals surface area contributed by atoms with Crippen molar-refractivity contribution in [2.24, 2.45) is 10.9 Å². The van der Waals surface area contributed by atoms with Crippen LogP contribution in [0.3, 0.4) is 0 Å². The first-order valence-electron chi connectivity index (χ1n) is 8.31. The summed E-state index contributed by atoms with van der Waals surface area (Å²) in [5.41, 5.74) is 0.463. The van der Waals surface area contributed by atoms with Crippen LogP contribution in [0.2, 0.25) is 0 Å². The third kappa shape index (κ3) is 4.53. The highest BCUT2D eigenvalue weighted by Crippen LogP contribution is 2.29. The number of nitrogens with zero attached hydrogens (tertiary/aromatic N) is 1. The molecule has 0 bridgehead atoms. The number of carbonyl (C=O) groups excluding carboxylic acids is 4. The van der Waals surface area contributed by atoms with Crippen LogP contribution in [0.25, 0.3) is 0 Å². The van der Waals surface area contributed by atoms with Gasteiger partial charge in [0.25, 0.3) is 0 Å². The maximum atomic E-state index is 12.7. The molecule has 0 saturated carbocycles. The van der Waals surface area contributed by atoms with Crippen molar-refractivity contribution in [2.45, 2.75) is 32.2 Å². The minimum Gasteiger partial charge on any atom is -0.353 e. The minimum absolute atomic E-state index is 0.0536. The standard InChI is InChI=1S/C18H22N4O4/c1-12(13(2)21-17(26)20-11-23)16(25)22-18(9-8-15(24)19-10-18)14-6-4-3-5-7-14/h3-7,11-12H,8-10H2,1-2H3,(H,19,24)(H,22,25)(H,20,23,26)/b21-13+/t12-,18?/m1/s1. The summed E-state index contributed by atoms with van der Waals surface area (Å²) in [5, 5.41) is 7.73. The van der Waals surface area contributed by atoms with E-state index in [4.69, 9.17) is 0 Å². The first-order valence-corrected chi connectivity index (χ1v) is 8.31. The Balaban J connectivity index is 2.20. The number of carbonyl (C=O) groups is 4. The largest absolute Gasteiger partial charge is 0.353 e. The van der Waals surface area contributed by atoms with Gasteiger partial charge in [-0.15, -0.1) is 0 Å². The van der Waals surface area contributed by atoms with E-state index in [1.807, 2.05) is 35.6 Å². The lowest BCUT2D eigenvalue weighted by molar-refractivity contribution is -0.128. The second-order valence-electron chi connectivity index (χ2n) is 6.26. The third-order valence-corrected chi connectivity index (χ3v) is 4.54. The number of hydrogen-bond donors (Lipinski definition) is 3. The molecule has 138 valence electrons. The summed E-state index contributed by atoms with van der Waals surface area (Å²) in [6.07, 6.45) is 1.01. The summed E-state index contributed by atoms with van der Waals surface area (Å²) in [6, 6.07) is 8.62. The molecule has 1 aliphatic rings. The number of piperidine rings is 1. The topological polar surface area (TPSA) is 117 Å². The lowest BCUT2D eigenvalue weighted by Crippen LogP contribution is -2.57. The lowest BCUT2D eigenvalue weighted by Gasteiger charge is -2.39. The van der Waals surface area contributed by atoms with Crippen LogP contribution in [0.5, 0.6) is 0 Å². The number of benzene rings is 1. The summed E-state index contributed by atoms with van der Waals surface area (Å²) < 4.78 is 0. The molecule has 0 aliphatic carbocycles. The Morgan fingerprint density at radius 2 is 2.00 bits per heavy atom. The number of hydrogen-bond acceptors (Lipinski definition) is 4. The molecule has 8 nitrogen and oxygen atoms in total. The van der Waals surface area contributed by atoms with Crippen molar-refractivity contribution in [3.8, 4) is 0 Å². The van der Waals surface area contributed by atoms with Gasteiger partial charge in [0.1, 0.15) is 0 Å². The van der Waals surface area contributed by atoms with Gasteiger partial charge in [0.15, 0.2) is 0 Å². The summed E-state index contributed by atoms with van der Waals surface area (Å²) in [4.78, 5) is 49.7. The van der Waals surface area contributed by atoms with Gasteiger partial charge in [-0.1, -0.05) is 30.3 Å². The Hall–Kier alpha value is -3.03. The lowest BCUT2D eigenvalue weighted by atomic mass is 9.82. The highest BCUT2D eigenvalue weighted by atomic mass is 16.2. The van der Waals surface area contributed by atoms with Crippen LogP contribution in [0.4, 0.5) is 4.79 Å². The second kappa shape index (κ2) is 8.37. The van der Waals surface area contributed by atoms with Crippen molar-refractivity contribution in [3.05, 3.63) is 35.9 Å². The fraction of sp³-hybridized carbons (Fsp3) is 0.389. The fourth-order valence-electron chi connectivity index (χ4n) is 2.81.